The normalized spacial score (nSPS) is 19.7. The van der Waals surface area contributed by atoms with Gasteiger partial charge in [0, 0.05) is 38.1 Å². The predicted molar refractivity (Wildman–Crippen MR) is 117 cm³/mol. The second kappa shape index (κ2) is 8.45. The van der Waals surface area contributed by atoms with Crippen LogP contribution in [0, 0.1) is 0 Å². The number of fused-ring (bicyclic) bond motifs is 1. The molecular weight excluding hydrogens is 418 g/mol. The number of H-pyrrole nitrogens is 1. The molecule has 3 aromatic rings. The molecule has 0 bridgehead atoms. The van der Waals surface area contributed by atoms with Crippen LogP contribution in [0.3, 0.4) is 0 Å². The first-order valence-electron chi connectivity index (χ1n) is 9.72. The van der Waals surface area contributed by atoms with E-state index >= 15 is 0 Å². The summed E-state index contributed by atoms with van der Waals surface area (Å²) < 4.78 is 1.03. The van der Waals surface area contributed by atoms with Crippen molar-refractivity contribution >= 4 is 38.6 Å². The van der Waals surface area contributed by atoms with Gasteiger partial charge in [0.05, 0.1) is 21.9 Å². The lowest BCUT2D eigenvalue weighted by Crippen LogP contribution is -2.37. The lowest BCUT2D eigenvalue weighted by molar-refractivity contribution is 0.351. The molecule has 2 aromatic heterocycles. The summed E-state index contributed by atoms with van der Waals surface area (Å²) in [4.78, 5) is 11.5. The summed E-state index contributed by atoms with van der Waals surface area (Å²) in [6, 6.07) is 9.11. The van der Waals surface area contributed by atoms with Crippen LogP contribution in [-0.2, 0) is 6.54 Å². The van der Waals surface area contributed by atoms with Crippen LogP contribution in [0.15, 0.2) is 34.9 Å². The maximum absolute atomic E-state index is 4.77. The van der Waals surface area contributed by atoms with E-state index in [2.05, 4.69) is 42.8 Å². The number of hydrogen-bond acceptors (Lipinski definition) is 6. The molecular formula is C20H26BrN7. The zero-order chi connectivity index (χ0) is 19.5. The highest BCUT2D eigenvalue weighted by molar-refractivity contribution is 9.10. The Hall–Kier alpha value is -2.19. The first-order valence-corrected chi connectivity index (χ1v) is 10.5. The van der Waals surface area contributed by atoms with Crippen LogP contribution < -0.4 is 15.5 Å². The molecule has 0 spiro atoms. The van der Waals surface area contributed by atoms with Gasteiger partial charge in [-0.25, -0.2) is 4.98 Å². The zero-order valence-electron chi connectivity index (χ0n) is 16.2. The van der Waals surface area contributed by atoms with Crippen molar-refractivity contribution in [3.05, 3.63) is 40.6 Å². The number of aromatic nitrogens is 4. The third kappa shape index (κ3) is 4.28. The molecule has 148 valence electrons. The minimum Gasteiger partial charge on any atom is -0.362 e. The van der Waals surface area contributed by atoms with Crippen LogP contribution in [0.2, 0.25) is 0 Å². The number of aromatic amines is 1. The molecule has 0 unspecified atom stereocenters. The largest absolute Gasteiger partial charge is 0.362 e. The van der Waals surface area contributed by atoms with Crippen LogP contribution in [0.4, 0.5) is 11.8 Å². The van der Waals surface area contributed by atoms with Gasteiger partial charge >= 0.3 is 0 Å². The fourth-order valence-electron chi connectivity index (χ4n) is 3.76. The molecule has 1 aromatic carbocycles. The Morgan fingerprint density at radius 2 is 1.86 bits per heavy atom. The summed E-state index contributed by atoms with van der Waals surface area (Å²) in [5, 5.41) is 15.3. The van der Waals surface area contributed by atoms with Gasteiger partial charge in [-0.2, -0.15) is 10.1 Å². The van der Waals surface area contributed by atoms with Crippen LogP contribution in [0.25, 0.3) is 10.9 Å². The number of nitrogens with zero attached hydrogens (tertiary/aromatic N) is 4. The van der Waals surface area contributed by atoms with Crippen molar-refractivity contribution in [1.29, 1.82) is 0 Å². The quantitative estimate of drug-likeness (QED) is 0.538. The van der Waals surface area contributed by atoms with Crippen LogP contribution in [-0.4, -0.2) is 46.3 Å². The van der Waals surface area contributed by atoms with E-state index in [4.69, 9.17) is 9.97 Å². The van der Waals surface area contributed by atoms with Gasteiger partial charge in [-0.05, 0) is 53.7 Å². The standard InChI is InChI=1S/C20H26BrN7/c1-28(2)19-15-5-3-4-6-17(15)25-20(26-19)24-14-9-7-13(8-10-14)22-12-18-16(21)11-23-27-18/h3-6,11,13-14,22H,7-10,12H2,1-2H3,(H,23,27)(H,24,25,26). The van der Waals surface area contributed by atoms with E-state index in [0.717, 1.165) is 65.1 Å². The third-order valence-electron chi connectivity index (χ3n) is 5.30. The molecule has 2 heterocycles. The molecule has 8 heteroatoms. The fourth-order valence-corrected chi connectivity index (χ4v) is 4.09. The fraction of sp³-hybridized carbons (Fsp3) is 0.450. The lowest BCUT2D eigenvalue weighted by Gasteiger charge is -2.30. The Bertz CT molecular complexity index is 931. The van der Waals surface area contributed by atoms with Crippen LogP contribution >= 0.6 is 15.9 Å². The minimum atomic E-state index is 0.410. The molecule has 4 rings (SSSR count). The van der Waals surface area contributed by atoms with Crippen molar-refractivity contribution in [2.45, 2.75) is 44.3 Å². The van der Waals surface area contributed by atoms with Gasteiger partial charge in [0.15, 0.2) is 0 Å². The molecule has 28 heavy (non-hydrogen) atoms. The highest BCUT2D eigenvalue weighted by atomic mass is 79.9. The molecule has 0 atom stereocenters. The first-order chi connectivity index (χ1) is 13.6. The van der Waals surface area contributed by atoms with Gasteiger partial charge in [0.25, 0.3) is 0 Å². The van der Waals surface area contributed by atoms with Gasteiger partial charge in [-0.3, -0.25) is 5.10 Å². The number of halogens is 1. The number of benzene rings is 1. The van der Waals surface area contributed by atoms with Crippen molar-refractivity contribution in [3.8, 4) is 0 Å². The van der Waals surface area contributed by atoms with Crippen molar-refractivity contribution in [1.82, 2.24) is 25.5 Å². The van der Waals surface area contributed by atoms with E-state index in [0.29, 0.717) is 12.1 Å². The van der Waals surface area contributed by atoms with Crippen molar-refractivity contribution in [2.24, 2.45) is 0 Å². The highest BCUT2D eigenvalue weighted by Crippen LogP contribution is 2.26. The summed E-state index contributed by atoms with van der Waals surface area (Å²) in [6.45, 7) is 0.809. The summed E-state index contributed by atoms with van der Waals surface area (Å²) in [6.07, 6.45) is 6.28. The zero-order valence-corrected chi connectivity index (χ0v) is 17.8. The SMILES string of the molecule is CN(C)c1nc(NC2CCC(NCc3[nH]ncc3Br)CC2)nc2ccccc12. The molecule has 3 N–H and O–H groups in total. The molecule has 1 aliphatic rings. The average Bonchev–Trinajstić information content (AvgIpc) is 3.11. The van der Waals surface area contributed by atoms with Gasteiger partial charge in [0.2, 0.25) is 5.95 Å². The maximum Gasteiger partial charge on any atom is 0.225 e. The Labute approximate surface area is 173 Å². The maximum atomic E-state index is 4.77. The number of nitrogens with one attached hydrogen (secondary N) is 3. The summed E-state index contributed by atoms with van der Waals surface area (Å²) >= 11 is 3.51. The van der Waals surface area contributed by atoms with Gasteiger partial charge in [-0.1, -0.05) is 12.1 Å². The number of para-hydroxylation sites is 1. The molecule has 1 saturated carbocycles. The highest BCUT2D eigenvalue weighted by Gasteiger charge is 2.22. The minimum absolute atomic E-state index is 0.410. The monoisotopic (exact) mass is 443 g/mol. The number of hydrogen-bond donors (Lipinski definition) is 3. The summed E-state index contributed by atoms with van der Waals surface area (Å²) in [7, 11) is 4.04. The van der Waals surface area contributed by atoms with Crippen molar-refractivity contribution < 1.29 is 0 Å². The summed E-state index contributed by atoms with van der Waals surface area (Å²) in [5.74, 6) is 1.67. The topological polar surface area (TPSA) is 81.8 Å². The summed E-state index contributed by atoms with van der Waals surface area (Å²) in [5.41, 5.74) is 2.07. The Balaban J connectivity index is 1.36. The Morgan fingerprint density at radius 1 is 1.11 bits per heavy atom. The smallest absolute Gasteiger partial charge is 0.225 e. The lowest BCUT2D eigenvalue weighted by atomic mass is 9.91. The molecule has 1 fully saturated rings. The Morgan fingerprint density at radius 3 is 2.57 bits per heavy atom. The third-order valence-corrected chi connectivity index (χ3v) is 5.98. The molecule has 0 aliphatic heterocycles. The molecule has 0 saturated heterocycles. The van der Waals surface area contributed by atoms with Crippen LogP contribution in [0.1, 0.15) is 31.4 Å². The molecule has 1 aliphatic carbocycles. The van der Waals surface area contributed by atoms with Gasteiger partial charge in [-0.15, -0.1) is 0 Å². The van der Waals surface area contributed by atoms with E-state index in [1.807, 2.05) is 37.2 Å². The van der Waals surface area contributed by atoms with E-state index in [9.17, 15) is 0 Å². The second-order valence-electron chi connectivity index (χ2n) is 7.55. The molecule has 7 nitrogen and oxygen atoms in total. The second-order valence-corrected chi connectivity index (χ2v) is 8.41. The first kappa shape index (κ1) is 19.1. The van der Waals surface area contributed by atoms with Crippen molar-refractivity contribution in [2.75, 3.05) is 24.3 Å². The predicted octanol–water partition coefficient (Wildman–Crippen LogP) is 3.69. The average molecular weight is 444 g/mol. The number of anilines is 2. The van der Waals surface area contributed by atoms with E-state index < -0.39 is 0 Å². The van der Waals surface area contributed by atoms with Gasteiger partial charge in [0.1, 0.15) is 5.82 Å². The molecule has 0 radical (unpaired) electrons. The van der Waals surface area contributed by atoms with Crippen LogP contribution in [0.5, 0.6) is 0 Å². The van der Waals surface area contributed by atoms with E-state index in [1.165, 1.54) is 0 Å². The molecule has 0 amide bonds. The van der Waals surface area contributed by atoms with E-state index in [1.54, 1.807) is 6.20 Å². The number of rotatable bonds is 6. The van der Waals surface area contributed by atoms with E-state index in [-0.39, 0.29) is 0 Å². The van der Waals surface area contributed by atoms with Gasteiger partial charge < -0.3 is 15.5 Å². The Kier molecular flexibility index (Phi) is 5.77. The van der Waals surface area contributed by atoms with Crippen molar-refractivity contribution in [3.63, 3.8) is 0 Å².